The van der Waals surface area contributed by atoms with Gasteiger partial charge in [0.15, 0.2) is 0 Å². The van der Waals surface area contributed by atoms with Gasteiger partial charge in [-0.15, -0.1) is 0 Å². The topological polar surface area (TPSA) is 46.9 Å². The molecule has 20 heavy (non-hydrogen) atoms. The highest BCUT2D eigenvalue weighted by Crippen LogP contribution is 2.18. The van der Waals surface area contributed by atoms with Crippen LogP contribution in [0.5, 0.6) is 0 Å². The number of nitrogens with zero attached hydrogens (tertiary/aromatic N) is 2. The van der Waals surface area contributed by atoms with Crippen LogP contribution in [0, 0.1) is 20.8 Å². The number of carbonyl (C=O) groups excluding carboxylic acids is 1. The second-order valence-electron chi connectivity index (χ2n) is 4.92. The highest BCUT2D eigenvalue weighted by molar-refractivity contribution is 9.10. The lowest BCUT2D eigenvalue weighted by Gasteiger charge is -2.07. The molecule has 0 bridgehead atoms. The van der Waals surface area contributed by atoms with E-state index < -0.39 is 0 Å². The monoisotopic (exact) mass is 335 g/mol. The lowest BCUT2D eigenvalue weighted by molar-refractivity contribution is 0.0951. The minimum atomic E-state index is -0.0756. The molecule has 0 aliphatic carbocycles. The molecule has 1 N–H and O–H groups in total. The Bertz CT molecular complexity index is 661. The summed E-state index contributed by atoms with van der Waals surface area (Å²) in [6.07, 6.45) is 0. The van der Waals surface area contributed by atoms with Crippen LogP contribution in [-0.2, 0) is 13.6 Å². The largest absolute Gasteiger partial charge is 0.348 e. The molecule has 0 saturated heterocycles. The second-order valence-corrected chi connectivity index (χ2v) is 5.77. The van der Waals surface area contributed by atoms with Crippen LogP contribution in [0.3, 0.4) is 0 Å². The molecule has 0 aliphatic rings. The van der Waals surface area contributed by atoms with E-state index in [1.165, 1.54) is 0 Å². The maximum atomic E-state index is 12.2. The average Bonchev–Trinajstić information content (AvgIpc) is 2.64. The summed E-state index contributed by atoms with van der Waals surface area (Å²) in [5.74, 6) is -0.0756. The smallest absolute Gasteiger partial charge is 0.251 e. The van der Waals surface area contributed by atoms with Crippen molar-refractivity contribution in [3.63, 3.8) is 0 Å². The van der Waals surface area contributed by atoms with Crippen LogP contribution in [-0.4, -0.2) is 15.7 Å². The van der Waals surface area contributed by atoms with E-state index >= 15 is 0 Å². The molecule has 1 amide bonds. The van der Waals surface area contributed by atoms with Gasteiger partial charge in [-0.1, -0.05) is 22.0 Å². The first-order chi connectivity index (χ1) is 9.40. The molecule has 0 fully saturated rings. The predicted molar refractivity (Wildman–Crippen MR) is 82.7 cm³/mol. The van der Waals surface area contributed by atoms with Crippen molar-refractivity contribution in [2.45, 2.75) is 27.3 Å². The third-order valence-electron chi connectivity index (χ3n) is 3.52. The van der Waals surface area contributed by atoms with Gasteiger partial charge in [-0.3, -0.25) is 9.48 Å². The molecule has 1 aromatic heterocycles. The Labute approximate surface area is 127 Å². The molecule has 0 spiro atoms. The maximum Gasteiger partial charge on any atom is 0.251 e. The molecule has 0 unspecified atom stereocenters. The summed E-state index contributed by atoms with van der Waals surface area (Å²) in [6, 6.07) is 5.60. The summed E-state index contributed by atoms with van der Waals surface area (Å²) in [5, 5.41) is 7.29. The first-order valence-corrected chi connectivity index (χ1v) is 7.23. The number of amides is 1. The van der Waals surface area contributed by atoms with Crippen molar-refractivity contribution in [3.05, 3.63) is 50.8 Å². The van der Waals surface area contributed by atoms with Crippen LogP contribution in [0.1, 0.15) is 32.9 Å². The summed E-state index contributed by atoms with van der Waals surface area (Å²) < 4.78 is 2.78. The fourth-order valence-electron chi connectivity index (χ4n) is 2.08. The summed E-state index contributed by atoms with van der Waals surface area (Å²) in [5.41, 5.74) is 4.87. The first-order valence-electron chi connectivity index (χ1n) is 6.43. The number of aromatic nitrogens is 2. The zero-order valence-corrected chi connectivity index (χ0v) is 13.7. The molecule has 0 atom stereocenters. The second kappa shape index (κ2) is 5.79. The van der Waals surface area contributed by atoms with Crippen LogP contribution in [0.15, 0.2) is 22.7 Å². The molecule has 0 saturated carbocycles. The normalized spacial score (nSPS) is 10.7. The van der Waals surface area contributed by atoms with E-state index in [1.807, 2.05) is 50.7 Å². The number of halogens is 1. The zero-order valence-electron chi connectivity index (χ0n) is 12.1. The Balaban J connectivity index is 2.10. The number of hydrogen-bond acceptors (Lipinski definition) is 2. The first kappa shape index (κ1) is 14.8. The van der Waals surface area contributed by atoms with E-state index in [1.54, 1.807) is 0 Å². The van der Waals surface area contributed by atoms with Gasteiger partial charge in [0.05, 0.1) is 5.69 Å². The molecule has 1 aromatic carbocycles. The maximum absolute atomic E-state index is 12.2. The third-order valence-corrected chi connectivity index (χ3v) is 4.37. The number of benzene rings is 1. The highest BCUT2D eigenvalue weighted by atomic mass is 79.9. The average molecular weight is 336 g/mol. The SMILES string of the molecule is Cc1ccc(C(=O)NCc2c(C)nn(C)c2C)cc1Br. The van der Waals surface area contributed by atoms with Crippen LogP contribution in [0.25, 0.3) is 0 Å². The molecule has 0 aliphatic heterocycles. The lowest BCUT2D eigenvalue weighted by Crippen LogP contribution is -2.23. The number of carbonyl (C=O) groups is 1. The quantitative estimate of drug-likeness (QED) is 0.937. The Morgan fingerprint density at radius 1 is 1.35 bits per heavy atom. The standard InChI is InChI=1S/C15H18BrN3O/c1-9-5-6-12(7-14(9)16)15(20)17-8-13-10(2)18-19(4)11(13)3/h5-7H,8H2,1-4H3,(H,17,20). The van der Waals surface area contributed by atoms with Crippen molar-refractivity contribution < 1.29 is 4.79 Å². The predicted octanol–water partition coefficient (Wildman–Crippen LogP) is 3.04. The molecule has 2 aromatic rings. The van der Waals surface area contributed by atoms with Gasteiger partial charge < -0.3 is 5.32 Å². The van der Waals surface area contributed by atoms with Crippen molar-refractivity contribution in [2.24, 2.45) is 7.05 Å². The van der Waals surface area contributed by atoms with Crippen molar-refractivity contribution in [3.8, 4) is 0 Å². The van der Waals surface area contributed by atoms with Crippen molar-refractivity contribution in [1.82, 2.24) is 15.1 Å². The molecule has 4 nitrogen and oxygen atoms in total. The Hall–Kier alpha value is -1.62. The summed E-state index contributed by atoms with van der Waals surface area (Å²) in [4.78, 5) is 12.2. The van der Waals surface area contributed by atoms with Gasteiger partial charge in [-0.2, -0.15) is 5.10 Å². The van der Waals surface area contributed by atoms with Crippen molar-refractivity contribution in [1.29, 1.82) is 0 Å². The number of hydrogen-bond donors (Lipinski definition) is 1. The minimum Gasteiger partial charge on any atom is -0.348 e. The van der Waals surface area contributed by atoms with E-state index in [0.29, 0.717) is 12.1 Å². The highest BCUT2D eigenvalue weighted by Gasteiger charge is 2.12. The molecule has 2 rings (SSSR count). The number of aryl methyl sites for hydroxylation is 3. The van der Waals surface area contributed by atoms with Gasteiger partial charge in [-0.25, -0.2) is 0 Å². The summed E-state index contributed by atoms with van der Waals surface area (Å²) >= 11 is 3.44. The lowest BCUT2D eigenvalue weighted by atomic mass is 10.1. The van der Waals surface area contributed by atoms with Gasteiger partial charge in [0, 0.05) is 34.9 Å². The summed E-state index contributed by atoms with van der Waals surface area (Å²) in [7, 11) is 1.91. The molecular weight excluding hydrogens is 318 g/mol. The third kappa shape index (κ3) is 2.93. The Morgan fingerprint density at radius 3 is 2.60 bits per heavy atom. The number of nitrogens with one attached hydrogen (secondary N) is 1. The van der Waals surface area contributed by atoms with Crippen LogP contribution >= 0.6 is 15.9 Å². The van der Waals surface area contributed by atoms with Crippen molar-refractivity contribution >= 4 is 21.8 Å². The Morgan fingerprint density at radius 2 is 2.05 bits per heavy atom. The van der Waals surface area contributed by atoms with Gasteiger partial charge in [0.25, 0.3) is 5.91 Å². The van der Waals surface area contributed by atoms with E-state index in [2.05, 4.69) is 26.3 Å². The van der Waals surface area contributed by atoms with Crippen LogP contribution in [0.4, 0.5) is 0 Å². The van der Waals surface area contributed by atoms with Crippen LogP contribution in [0.2, 0.25) is 0 Å². The van der Waals surface area contributed by atoms with E-state index in [9.17, 15) is 4.79 Å². The van der Waals surface area contributed by atoms with E-state index in [4.69, 9.17) is 0 Å². The van der Waals surface area contributed by atoms with E-state index in [0.717, 1.165) is 27.0 Å². The summed E-state index contributed by atoms with van der Waals surface area (Å²) in [6.45, 7) is 6.45. The van der Waals surface area contributed by atoms with Crippen LogP contribution < -0.4 is 5.32 Å². The molecular formula is C15H18BrN3O. The zero-order chi connectivity index (χ0) is 14.9. The fraction of sp³-hybridized carbons (Fsp3) is 0.333. The fourth-order valence-corrected chi connectivity index (χ4v) is 2.46. The van der Waals surface area contributed by atoms with Gasteiger partial charge in [-0.05, 0) is 38.5 Å². The molecule has 0 radical (unpaired) electrons. The van der Waals surface area contributed by atoms with Crippen molar-refractivity contribution in [2.75, 3.05) is 0 Å². The van der Waals surface area contributed by atoms with E-state index in [-0.39, 0.29) is 5.91 Å². The number of rotatable bonds is 3. The minimum absolute atomic E-state index is 0.0756. The molecule has 1 heterocycles. The van der Waals surface area contributed by atoms with Gasteiger partial charge >= 0.3 is 0 Å². The van der Waals surface area contributed by atoms with Gasteiger partial charge in [0.1, 0.15) is 0 Å². The molecule has 106 valence electrons. The molecule has 5 heteroatoms. The Kier molecular flexibility index (Phi) is 4.28. The van der Waals surface area contributed by atoms with Gasteiger partial charge in [0.2, 0.25) is 0 Å².